The third-order valence-electron chi connectivity index (χ3n) is 2.17. The molecular formula is C11H17N3O. The normalized spacial score (nSPS) is 9.93. The molecule has 1 rings (SSSR count). The molecule has 1 amide bonds. The van der Waals surface area contributed by atoms with Crippen LogP contribution in [-0.2, 0) is 0 Å². The molecule has 0 saturated carbocycles. The van der Waals surface area contributed by atoms with Crippen molar-refractivity contribution in [2.24, 2.45) is 0 Å². The first-order chi connectivity index (χ1) is 7.25. The van der Waals surface area contributed by atoms with E-state index in [0.717, 1.165) is 19.3 Å². The Labute approximate surface area is 89.9 Å². The Morgan fingerprint density at radius 1 is 1.53 bits per heavy atom. The van der Waals surface area contributed by atoms with Gasteiger partial charge in [0.2, 0.25) is 0 Å². The van der Waals surface area contributed by atoms with E-state index in [2.05, 4.69) is 17.2 Å². The lowest BCUT2D eigenvalue weighted by molar-refractivity contribution is 0.0953. The van der Waals surface area contributed by atoms with Gasteiger partial charge in [-0.25, -0.2) is 0 Å². The van der Waals surface area contributed by atoms with Crippen molar-refractivity contribution in [1.29, 1.82) is 0 Å². The Hall–Kier alpha value is -1.58. The Balaban J connectivity index is 2.44. The van der Waals surface area contributed by atoms with Crippen LogP contribution in [0.1, 0.15) is 36.5 Å². The summed E-state index contributed by atoms with van der Waals surface area (Å²) < 4.78 is 0. The van der Waals surface area contributed by atoms with Gasteiger partial charge in [-0.05, 0) is 12.5 Å². The van der Waals surface area contributed by atoms with Gasteiger partial charge < -0.3 is 11.1 Å². The Bertz CT molecular complexity index is 325. The van der Waals surface area contributed by atoms with Gasteiger partial charge in [-0.15, -0.1) is 0 Å². The highest BCUT2D eigenvalue weighted by atomic mass is 16.1. The van der Waals surface area contributed by atoms with E-state index in [4.69, 9.17) is 5.73 Å². The number of nitrogens with one attached hydrogen (secondary N) is 1. The number of hydrogen-bond acceptors (Lipinski definition) is 3. The lowest BCUT2D eigenvalue weighted by atomic mass is 10.2. The van der Waals surface area contributed by atoms with Crippen molar-refractivity contribution in [2.45, 2.75) is 26.2 Å². The fourth-order valence-corrected chi connectivity index (χ4v) is 1.27. The molecule has 0 atom stereocenters. The number of carbonyl (C=O) groups is 1. The number of amides is 1. The molecule has 0 aliphatic heterocycles. The standard InChI is InChI=1S/C11H17N3O/c1-2-3-4-6-14-11(15)9-8-13-7-5-10(9)12/h5,7-8H,2-4,6H2,1H3,(H2,12,13)(H,14,15). The number of nitrogens with zero attached hydrogens (tertiary/aromatic N) is 1. The maximum absolute atomic E-state index is 11.6. The maximum Gasteiger partial charge on any atom is 0.254 e. The monoisotopic (exact) mass is 207 g/mol. The number of unbranched alkanes of at least 4 members (excludes halogenated alkanes) is 2. The average molecular weight is 207 g/mol. The van der Waals surface area contributed by atoms with Gasteiger partial charge in [0.05, 0.1) is 5.56 Å². The lowest BCUT2D eigenvalue weighted by Crippen LogP contribution is -2.25. The predicted molar refractivity (Wildman–Crippen MR) is 60.5 cm³/mol. The van der Waals surface area contributed by atoms with Crippen LogP contribution in [0, 0.1) is 0 Å². The minimum atomic E-state index is -0.142. The van der Waals surface area contributed by atoms with Crippen LogP contribution in [0.4, 0.5) is 5.69 Å². The fraction of sp³-hybridized carbons (Fsp3) is 0.455. The van der Waals surface area contributed by atoms with E-state index < -0.39 is 0 Å². The molecule has 0 unspecified atom stereocenters. The van der Waals surface area contributed by atoms with Gasteiger partial charge in [-0.2, -0.15) is 0 Å². The molecule has 1 aromatic heterocycles. The van der Waals surface area contributed by atoms with Crippen molar-refractivity contribution >= 4 is 11.6 Å². The highest BCUT2D eigenvalue weighted by molar-refractivity contribution is 5.98. The molecule has 4 nitrogen and oxygen atoms in total. The smallest absolute Gasteiger partial charge is 0.254 e. The zero-order valence-corrected chi connectivity index (χ0v) is 8.99. The van der Waals surface area contributed by atoms with E-state index in [0.29, 0.717) is 17.8 Å². The summed E-state index contributed by atoms with van der Waals surface area (Å²) in [7, 11) is 0. The molecule has 3 N–H and O–H groups in total. The quantitative estimate of drug-likeness (QED) is 0.720. The predicted octanol–water partition coefficient (Wildman–Crippen LogP) is 1.58. The number of hydrogen-bond donors (Lipinski definition) is 2. The summed E-state index contributed by atoms with van der Waals surface area (Å²) in [6, 6.07) is 1.63. The number of nitrogens with two attached hydrogens (primary N) is 1. The maximum atomic E-state index is 11.6. The van der Waals surface area contributed by atoms with Crippen LogP contribution >= 0.6 is 0 Å². The highest BCUT2D eigenvalue weighted by Gasteiger charge is 2.07. The van der Waals surface area contributed by atoms with Gasteiger partial charge in [0, 0.05) is 24.6 Å². The zero-order valence-electron chi connectivity index (χ0n) is 8.99. The molecule has 1 aromatic rings. The average Bonchev–Trinajstić information content (AvgIpc) is 2.25. The number of nitrogen functional groups attached to an aromatic ring is 1. The van der Waals surface area contributed by atoms with Crippen molar-refractivity contribution in [2.75, 3.05) is 12.3 Å². The summed E-state index contributed by atoms with van der Waals surface area (Å²) in [4.78, 5) is 15.5. The van der Waals surface area contributed by atoms with Gasteiger partial charge in [0.1, 0.15) is 0 Å². The molecule has 0 aliphatic rings. The van der Waals surface area contributed by atoms with Gasteiger partial charge in [-0.1, -0.05) is 19.8 Å². The molecule has 0 radical (unpaired) electrons. The molecule has 1 heterocycles. The number of pyridine rings is 1. The summed E-state index contributed by atoms with van der Waals surface area (Å²) in [5.41, 5.74) is 6.57. The van der Waals surface area contributed by atoms with Crippen LogP contribution in [0.2, 0.25) is 0 Å². The summed E-state index contributed by atoms with van der Waals surface area (Å²) >= 11 is 0. The number of aromatic nitrogens is 1. The van der Waals surface area contributed by atoms with Crippen LogP contribution in [0.25, 0.3) is 0 Å². The largest absolute Gasteiger partial charge is 0.398 e. The van der Waals surface area contributed by atoms with E-state index in [1.54, 1.807) is 12.3 Å². The molecule has 0 bridgehead atoms. The molecule has 0 saturated heterocycles. The Kier molecular flexibility index (Phi) is 4.60. The van der Waals surface area contributed by atoms with Crippen LogP contribution < -0.4 is 11.1 Å². The van der Waals surface area contributed by atoms with E-state index >= 15 is 0 Å². The second kappa shape index (κ2) is 6.01. The summed E-state index contributed by atoms with van der Waals surface area (Å²) in [5.74, 6) is -0.142. The second-order valence-electron chi connectivity index (χ2n) is 3.43. The SMILES string of the molecule is CCCCCNC(=O)c1cnccc1N. The minimum Gasteiger partial charge on any atom is -0.398 e. The first-order valence-electron chi connectivity index (χ1n) is 5.23. The first-order valence-corrected chi connectivity index (χ1v) is 5.23. The van der Waals surface area contributed by atoms with Gasteiger partial charge in [0.25, 0.3) is 5.91 Å². The molecule has 0 aliphatic carbocycles. The second-order valence-corrected chi connectivity index (χ2v) is 3.43. The van der Waals surface area contributed by atoms with Crippen LogP contribution in [0.15, 0.2) is 18.5 Å². The minimum absolute atomic E-state index is 0.142. The Morgan fingerprint density at radius 2 is 2.33 bits per heavy atom. The van der Waals surface area contributed by atoms with Crippen molar-refractivity contribution in [3.05, 3.63) is 24.0 Å². The van der Waals surface area contributed by atoms with E-state index in [9.17, 15) is 4.79 Å². The Morgan fingerprint density at radius 3 is 3.00 bits per heavy atom. The molecule has 0 spiro atoms. The fourth-order valence-electron chi connectivity index (χ4n) is 1.27. The van der Waals surface area contributed by atoms with E-state index in [-0.39, 0.29) is 5.91 Å². The number of rotatable bonds is 5. The zero-order chi connectivity index (χ0) is 11.1. The van der Waals surface area contributed by atoms with Gasteiger partial charge >= 0.3 is 0 Å². The summed E-state index contributed by atoms with van der Waals surface area (Å²) in [5, 5.41) is 2.82. The van der Waals surface area contributed by atoms with E-state index in [1.165, 1.54) is 6.20 Å². The molecule has 4 heteroatoms. The molecule has 15 heavy (non-hydrogen) atoms. The molecule has 82 valence electrons. The molecular weight excluding hydrogens is 190 g/mol. The third-order valence-corrected chi connectivity index (χ3v) is 2.17. The number of carbonyl (C=O) groups excluding carboxylic acids is 1. The summed E-state index contributed by atoms with van der Waals surface area (Å²) in [6.45, 7) is 2.82. The van der Waals surface area contributed by atoms with Gasteiger partial charge in [-0.3, -0.25) is 9.78 Å². The lowest BCUT2D eigenvalue weighted by Gasteiger charge is -2.06. The molecule has 0 aromatic carbocycles. The van der Waals surface area contributed by atoms with Crippen molar-refractivity contribution < 1.29 is 4.79 Å². The first kappa shape index (κ1) is 11.5. The van der Waals surface area contributed by atoms with Gasteiger partial charge in [0.15, 0.2) is 0 Å². The van der Waals surface area contributed by atoms with E-state index in [1.807, 2.05) is 0 Å². The summed E-state index contributed by atoms with van der Waals surface area (Å²) in [6.07, 6.45) is 6.34. The molecule has 0 fully saturated rings. The van der Waals surface area contributed by atoms with Crippen molar-refractivity contribution in [3.8, 4) is 0 Å². The van der Waals surface area contributed by atoms with Crippen LogP contribution in [0.5, 0.6) is 0 Å². The van der Waals surface area contributed by atoms with Crippen molar-refractivity contribution in [1.82, 2.24) is 10.3 Å². The van der Waals surface area contributed by atoms with Crippen LogP contribution in [-0.4, -0.2) is 17.4 Å². The highest BCUT2D eigenvalue weighted by Crippen LogP contribution is 2.07. The van der Waals surface area contributed by atoms with Crippen molar-refractivity contribution in [3.63, 3.8) is 0 Å². The third kappa shape index (κ3) is 3.58. The van der Waals surface area contributed by atoms with Crippen LogP contribution in [0.3, 0.4) is 0 Å². The topological polar surface area (TPSA) is 68.0 Å². The number of anilines is 1.